The summed E-state index contributed by atoms with van der Waals surface area (Å²) < 4.78 is 5.75. The van der Waals surface area contributed by atoms with E-state index in [1.54, 1.807) is 116 Å². The molecule has 0 saturated heterocycles. The summed E-state index contributed by atoms with van der Waals surface area (Å²) >= 11 is 0. The zero-order valence-electron chi connectivity index (χ0n) is 38.5. The van der Waals surface area contributed by atoms with Gasteiger partial charge in [0.2, 0.25) is 0 Å². The zero-order valence-corrected chi connectivity index (χ0v) is 37.5. The second-order valence-electron chi connectivity index (χ2n) is 16.6. The quantitative estimate of drug-likeness (QED) is 0.306. The lowest BCUT2D eigenvalue weighted by Gasteiger charge is -2.63. The molecule has 0 unspecified atom stereocenters. The van der Waals surface area contributed by atoms with Gasteiger partial charge in [-0.05, 0) is 181 Å². The van der Waals surface area contributed by atoms with Crippen LogP contribution in [-0.4, -0.2) is 38.1 Å². The normalized spacial score (nSPS) is 30.9. The Hall–Kier alpha value is -0.0800. The van der Waals surface area contributed by atoms with Crippen LogP contribution >= 0.6 is 0 Å². The minimum absolute atomic E-state index is 0. The number of hydrogen-bond donors (Lipinski definition) is 1. The van der Waals surface area contributed by atoms with Crippen LogP contribution in [0.15, 0.2) is 0 Å². The zero-order chi connectivity index (χ0) is 38.9. The van der Waals surface area contributed by atoms with Gasteiger partial charge in [-0.2, -0.15) is 0 Å². The fourth-order valence-electron chi connectivity index (χ4n) is 12.8. The molecule has 54 heavy (non-hydrogen) atoms. The average molecular weight is 772 g/mol. The molecule has 334 valence electrons. The van der Waals surface area contributed by atoms with Crippen LogP contribution in [0, 0.1) is 58.2 Å². The van der Waals surface area contributed by atoms with Crippen molar-refractivity contribution in [2.45, 2.75) is 249 Å². The second kappa shape index (κ2) is 34.9. The average Bonchev–Trinajstić information content (AvgIpc) is 3.21. The third kappa shape index (κ3) is 16.6. The van der Waals surface area contributed by atoms with Crippen molar-refractivity contribution in [1.82, 2.24) is 10.2 Å². The van der Waals surface area contributed by atoms with E-state index >= 15 is 0 Å². The van der Waals surface area contributed by atoms with Crippen molar-refractivity contribution in [2.75, 3.05) is 33.2 Å². The Balaban J connectivity index is -0.000000196. The third-order valence-electron chi connectivity index (χ3n) is 14.7. The summed E-state index contributed by atoms with van der Waals surface area (Å²) in [6, 6.07) is 0. The molecule has 2 nitrogen and oxygen atoms in total. The Morgan fingerprint density at radius 3 is 0.796 bits per heavy atom. The number of rotatable bonds is 4. The number of nitrogens with one attached hydrogen (secondary N) is 1. The largest absolute Gasteiger partial charge is 0.317 e. The monoisotopic (exact) mass is 771 g/mol. The van der Waals surface area contributed by atoms with Gasteiger partial charge in [0, 0.05) is 1.37 Å². The molecule has 8 bridgehead atoms. The van der Waals surface area contributed by atoms with Crippen LogP contribution in [0.2, 0.25) is 0 Å². The van der Waals surface area contributed by atoms with Crippen molar-refractivity contribution in [3.63, 3.8) is 0 Å². The lowest BCUT2D eigenvalue weighted by molar-refractivity contribution is -0.126. The standard InChI is InChI=1S/2C15H24.C5H13N.C4H11N.4C2H6.5CH4/c2*1-2-4-15(5-3-1)13-7-11-6-12(9-13)10-14(15)8-11;1-4-6(3)5-2;1-3-5-4-2;4*1-2;;;;;/h2*11-14H,1-10H2;4-5H2,1-3H3;5H,3-4H2,1-2H3;4*1-2H3;5*1H4/i;;;;;;;;1T;;;;. The molecule has 2 spiro atoms. The van der Waals surface area contributed by atoms with Crippen LogP contribution in [0.5, 0.6) is 0 Å². The maximum Gasteiger partial charge on any atom is 0.0194 e. The lowest BCUT2D eigenvalue weighted by atomic mass is 9.42. The van der Waals surface area contributed by atoms with Gasteiger partial charge in [-0.1, -0.05) is 159 Å². The Bertz CT molecular complexity index is 646. The van der Waals surface area contributed by atoms with Crippen molar-refractivity contribution in [3.05, 3.63) is 0 Å². The molecular weight excluding hydrogens is 653 g/mol. The molecule has 10 aliphatic carbocycles. The summed E-state index contributed by atoms with van der Waals surface area (Å²) in [7, 11) is 3.36. The summed E-state index contributed by atoms with van der Waals surface area (Å²) in [6.45, 7) is 29.0. The highest BCUT2D eigenvalue weighted by atomic mass is 15.1. The highest BCUT2D eigenvalue weighted by molar-refractivity contribution is 5.07. The second-order valence-corrected chi connectivity index (χ2v) is 16.6. The van der Waals surface area contributed by atoms with Gasteiger partial charge in [0.15, 0.2) is 0 Å². The summed E-state index contributed by atoms with van der Waals surface area (Å²) in [4.78, 5) is 2.25. The minimum Gasteiger partial charge on any atom is -0.317 e. The molecule has 1 N–H and O–H groups in total. The lowest BCUT2D eigenvalue weighted by Crippen LogP contribution is -2.53. The topological polar surface area (TPSA) is 15.3 Å². The van der Waals surface area contributed by atoms with Gasteiger partial charge in [-0.3, -0.25) is 0 Å². The van der Waals surface area contributed by atoms with Crippen LogP contribution in [0.4, 0.5) is 0 Å². The van der Waals surface area contributed by atoms with E-state index in [4.69, 9.17) is 1.37 Å². The fourth-order valence-corrected chi connectivity index (χ4v) is 12.8. The Morgan fingerprint density at radius 2 is 0.648 bits per heavy atom. The van der Waals surface area contributed by atoms with Crippen molar-refractivity contribution >= 4 is 0 Å². The van der Waals surface area contributed by atoms with Crippen LogP contribution < -0.4 is 5.32 Å². The maximum absolute atomic E-state index is 5.75. The highest BCUT2D eigenvalue weighted by Crippen LogP contribution is 2.67. The van der Waals surface area contributed by atoms with Gasteiger partial charge >= 0.3 is 0 Å². The van der Waals surface area contributed by atoms with Gasteiger partial charge < -0.3 is 10.2 Å². The molecule has 0 heterocycles. The molecule has 10 aliphatic rings. The van der Waals surface area contributed by atoms with E-state index in [2.05, 4.69) is 45.0 Å². The predicted octanol–water partition coefficient (Wildman–Crippen LogP) is 17.6. The first-order chi connectivity index (χ1) is 25.0. The van der Waals surface area contributed by atoms with E-state index < -0.39 is 0 Å². The summed E-state index contributed by atoms with van der Waals surface area (Å²) in [6.07, 6.45) is 32.0. The SMILES string of the molecule is C.C.C.C.C1CCC2(CC1)C1CC3CC(C1)CC2C3.C1CCC2(CC1)C1CC3CC(C1)CC2C3.CC.CC.CC.CC.CCN(C)CC.CCNCC.[3H]C. The van der Waals surface area contributed by atoms with Crippen molar-refractivity contribution < 1.29 is 1.37 Å². The Kier molecular flexibility index (Phi) is 39.2. The first-order valence-electron chi connectivity index (χ1n) is 24.3. The van der Waals surface area contributed by atoms with Crippen LogP contribution in [-0.2, 0) is 0 Å². The molecule has 0 aromatic rings. The summed E-state index contributed by atoms with van der Waals surface area (Å²) in [5.41, 5.74) is 1.76. The maximum atomic E-state index is 5.75. The van der Waals surface area contributed by atoms with Gasteiger partial charge in [0.05, 0.1) is 0 Å². The van der Waals surface area contributed by atoms with Crippen molar-refractivity contribution in [3.8, 4) is 0 Å². The molecule has 2 heteroatoms. The molecule has 10 saturated carbocycles. The molecule has 0 aromatic carbocycles. The summed E-state index contributed by atoms with van der Waals surface area (Å²) in [5.74, 6) is 9.37. The van der Waals surface area contributed by atoms with E-state index in [1.165, 1.54) is 67.6 Å². The van der Waals surface area contributed by atoms with E-state index in [0.717, 1.165) is 37.0 Å². The molecule has 10 fully saturated rings. The number of nitrogens with zero attached hydrogens (tertiary/aromatic N) is 1. The molecule has 0 aliphatic heterocycles. The first kappa shape index (κ1) is 60.6. The predicted molar refractivity (Wildman–Crippen MR) is 257 cm³/mol. The van der Waals surface area contributed by atoms with Gasteiger partial charge in [-0.15, -0.1) is 0 Å². The van der Waals surface area contributed by atoms with Crippen molar-refractivity contribution in [2.24, 2.45) is 58.2 Å². The van der Waals surface area contributed by atoms with Gasteiger partial charge in [-0.25, -0.2) is 0 Å². The summed E-state index contributed by atoms with van der Waals surface area (Å²) in [5, 5.41) is 3.11. The molecule has 0 atom stereocenters. The van der Waals surface area contributed by atoms with Crippen LogP contribution in [0.1, 0.15) is 250 Å². The molecule has 0 aromatic heterocycles. The Labute approximate surface area is 350 Å². The third-order valence-corrected chi connectivity index (χ3v) is 14.7. The molecule has 0 radical (unpaired) electrons. The Morgan fingerprint density at radius 1 is 0.426 bits per heavy atom. The van der Waals surface area contributed by atoms with Crippen molar-refractivity contribution in [1.29, 1.82) is 0 Å². The molecular formula is C52H116N2. The van der Waals surface area contributed by atoms with Crippen LogP contribution in [0.25, 0.3) is 0 Å². The van der Waals surface area contributed by atoms with E-state index in [0.29, 0.717) is 0 Å². The highest BCUT2D eigenvalue weighted by Gasteiger charge is 2.57. The van der Waals surface area contributed by atoms with Gasteiger partial charge in [0.1, 0.15) is 0 Å². The van der Waals surface area contributed by atoms with E-state index in [1.807, 2.05) is 55.4 Å². The van der Waals surface area contributed by atoms with Crippen LogP contribution in [0.3, 0.4) is 0 Å². The molecule has 0 amide bonds. The first-order valence-corrected chi connectivity index (χ1v) is 23.3. The fraction of sp³-hybridized carbons (Fsp3) is 1.00. The molecule has 10 rings (SSSR count). The van der Waals surface area contributed by atoms with E-state index in [-0.39, 0.29) is 29.7 Å². The smallest absolute Gasteiger partial charge is 0.0194 e. The van der Waals surface area contributed by atoms with E-state index in [9.17, 15) is 0 Å². The minimum atomic E-state index is 0. The number of hydrogen-bond acceptors (Lipinski definition) is 2. The van der Waals surface area contributed by atoms with Gasteiger partial charge in [0.25, 0.3) is 0 Å².